The van der Waals surface area contributed by atoms with Crippen molar-refractivity contribution in [3.8, 4) is 0 Å². The van der Waals surface area contributed by atoms with Crippen LogP contribution in [0.5, 0.6) is 0 Å². The molecule has 0 fully saturated rings. The number of aromatic nitrogens is 2. The molecule has 0 atom stereocenters. The fourth-order valence-electron chi connectivity index (χ4n) is 2.41. The van der Waals surface area contributed by atoms with Crippen LogP contribution < -0.4 is 5.32 Å². The van der Waals surface area contributed by atoms with Crippen molar-refractivity contribution in [2.45, 2.75) is 6.54 Å². The fourth-order valence-corrected chi connectivity index (χ4v) is 2.90. The highest BCUT2D eigenvalue weighted by molar-refractivity contribution is 6.39. The van der Waals surface area contributed by atoms with Crippen molar-refractivity contribution in [2.24, 2.45) is 0 Å². The number of benzene rings is 2. The molecule has 3 rings (SSSR count). The average molecular weight is 387 g/mol. The molecule has 0 unspecified atom stereocenters. The molecule has 2 aromatic carbocycles. The first-order valence-corrected chi connectivity index (χ1v) is 8.62. The SMILES string of the molecule is CN(Cc1ccccc1)C(=O)c1cc(Nc2c(Cl)cccc2Cl)ncn1. The van der Waals surface area contributed by atoms with Gasteiger partial charge in [0.2, 0.25) is 0 Å². The van der Waals surface area contributed by atoms with Crippen LogP contribution in [-0.2, 0) is 6.54 Å². The van der Waals surface area contributed by atoms with Gasteiger partial charge in [0.25, 0.3) is 5.91 Å². The molecule has 0 bridgehead atoms. The van der Waals surface area contributed by atoms with Gasteiger partial charge in [0, 0.05) is 19.7 Å². The third kappa shape index (κ3) is 4.31. The van der Waals surface area contributed by atoms with Gasteiger partial charge in [0.05, 0.1) is 15.7 Å². The van der Waals surface area contributed by atoms with Crippen molar-refractivity contribution in [1.82, 2.24) is 14.9 Å². The van der Waals surface area contributed by atoms with Crippen LogP contribution in [0.25, 0.3) is 0 Å². The van der Waals surface area contributed by atoms with Gasteiger partial charge in [-0.3, -0.25) is 4.79 Å². The minimum absolute atomic E-state index is 0.204. The zero-order chi connectivity index (χ0) is 18.5. The Labute approximate surface area is 161 Å². The van der Waals surface area contributed by atoms with Crippen LogP contribution >= 0.6 is 23.2 Å². The number of nitrogens with zero attached hydrogens (tertiary/aromatic N) is 3. The number of carbonyl (C=O) groups is 1. The van der Waals surface area contributed by atoms with E-state index in [1.807, 2.05) is 30.3 Å². The van der Waals surface area contributed by atoms with E-state index >= 15 is 0 Å². The van der Waals surface area contributed by atoms with Crippen LogP contribution in [0.4, 0.5) is 11.5 Å². The molecular formula is C19H16Cl2N4O. The highest BCUT2D eigenvalue weighted by Crippen LogP contribution is 2.32. The van der Waals surface area contributed by atoms with Gasteiger partial charge in [0.15, 0.2) is 0 Å². The molecule has 26 heavy (non-hydrogen) atoms. The normalized spacial score (nSPS) is 10.4. The van der Waals surface area contributed by atoms with E-state index in [0.29, 0.717) is 28.1 Å². The minimum atomic E-state index is -0.204. The Morgan fingerprint density at radius 3 is 2.42 bits per heavy atom. The summed E-state index contributed by atoms with van der Waals surface area (Å²) in [6, 6.07) is 16.5. The number of carbonyl (C=O) groups excluding carboxylic acids is 1. The molecule has 1 heterocycles. The fraction of sp³-hybridized carbons (Fsp3) is 0.105. The zero-order valence-corrected chi connectivity index (χ0v) is 15.5. The molecule has 0 radical (unpaired) electrons. The largest absolute Gasteiger partial charge is 0.338 e. The van der Waals surface area contributed by atoms with Crippen molar-refractivity contribution in [1.29, 1.82) is 0 Å². The molecule has 1 amide bonds. The van der Waals surface area contributed by atoms with Crippen molar-refractivity contribution in [3.63, 3.8) is 0 Å². The predicted octanol–water partition coefficient (Wildman–Crippen LogP) is 4.80. The quantitative estimate of drug-likeness (QED) is 0.683. The summed E-state index contributed by atoms with van der Waals surface area (Å²) >= 11 is 12.3. The van der Waals surface area contributed by atoms with Gasteiger partial charge in [-0.2, -0.15) is 0 Å². The Bertz CT molecular complexity index is 898. The first-order valence-electron chi connectivity index (χ1n) is 7.87. The van der Waals surface area contributed by atoms with E-state index in [-0.39, 0.29) is 11.6 Å². The van der Waals surface area contributed by atoms with Gasteiger partial charge in [-0.15, -0.1) is 0 Å². The summed E-state index contributed by atoms with van der Waals surface area (Å²) in [6.07, 6.45) is 1.33. The molecule has 0 aliphatic heterocycles. The highest BCUT2D eigenvalue weighted by Gasteiger charge is 2.15. The summed E-state index contributed by atoms with van der Waals surface area (Å²) in [7, 11) is 1.73. The number of para-hydroxylation sites is 1. The molecule has 0 spiro atoms. The molecule has 0 aliphatic rings. The topological polar surface area (TPSA) is 58.1 Å². The van der Waals surface area contributed by atoms with E-state index in [0.717, 1.165) is 5.56 Å². The third-order valence-electron chi connectivity index (χ3n) is 3.71. The van der Waals surface area contributed by atoms with Gasteiger partial charge in [-0.25, -0.2) is 9.97 Å². The highest BCUT2D eigenvalue weighted by atomic mass is 35.5. The zero-order valence-electron chi connectivity index (χ0n) is 14.0. The van der Waals surface area contributed by atoms with Crippen LogP contribution in [0, 0.1) is 0 Å². The maximum absolute atomic E-state index is 12.6. The standard InChI is InChI=1S/C19H16Cl2N4O/c1-25(11-13-6-3-2-4-7-13)19(26)16-10-17(23-12-22-16)24-18-14(20)8-5-9-15(18)21/h2-10,12H,11H2,1H3,(H,22,23,24). The smallest absolute Gasteiger partial charge is 0.272 e. The summed E-state index contributed by atoms with van der Waals surface area (Å²) in [5.74, 6) is 0.232. The lowest BCUT2D eigenvalue weighted by atomic mass is 10.2. The van der Waals surface area contributed by atoms with E-state index in [1.54, 1.807) is 36.2 Å². The Kier molecular flexibility index (Phi) is 5.71. The monoisotopic (exact) mass is 386 g/mol. The van der Waals surface area contributed by atoms with Crippen molar-refractivity contribution < 1.29 is 4.79 Å². The lowest BCUT2D eigenvalue weighted by molar-refractivity contribution is 0.0779. The maximum atomic E-state index is 12.6. The number of anilines is 2. The predicted molar refractivity (Wildman–Crippen MR) is 104 cm³/mol. The molecule has 7 heteroatoms. The molecule has 3 aromatic rings. The summed E-state index contributed by atoms with van der Waals surface area (Å²) in [5.41, 5.74) is 1.85. The Morgan fingerprint density at radius 2 is 1.73 bits per heavy atom. The third-order valence-corrected chi connectivity index (χ3v) is 4.34. The van der Waals surface area contributed by atoms with Crippen LogP contribution in [0.2, 0.25) is 10.0 Å². The Balaban J connectivity index is 1.77. The lowest BCUT2D eigenvalue weighted by Crippen LogP contribution is -2.27. The molecule has 0 aliphatic carbocycles. The molecule has 1 aromatic heterocycles. The molecule has 5 nitrogen and oxygen atoms in total. The number of halogens is 2. The Morgan fingerprint density at radius 1 is 1.04 bits per heavy atom. The number of hydrogen-bond acceptors (Lipinski definition) is 4. The summed E-state index contributed by atoms with van der Waals surface area (Å²) < 4.78 is 0. The first-order chi connectivity index (χ1) is 12.5. The van der Waals surface area contributed by atoms with E-state index < -0.39 is 0 Å². The lowest BCUT2D eigenvalue weighted by Gasteiger charge is -2.17. The maximum Gasteiger partial charge on any atom is 0.272 e. The number of nitrogens with one attached hydrogen (secondary N) is 1. The Hall–Kier alpha value is -2.63. The van der Waals surface area contributed by atoms with Crippen LogP contribution in [0.3, 0.4) is 0 Å². The summed E-state index contributed by atoms with van der Waals surface area (Å²) in [6.45, 7) is 0.489. The van der Waals surface area contributed by atoms with E-state index in [9.17, 15) is 4.79 Å². The second kappa shape index (κ2) is 8.17. The number of rotatable bonds is 5. The first kappa shape index (κ1) is 18.2. The van der Waals surface area contributed by atoms with E-state index in [1.165, 1.54) is 6.33 Å². The summed E-state index contributed by atoms with van der Waals surface area (Å²) in [4.78, 5) is 22.5. The second-order valence-corrected chi connectivity index (χ2v) is 6.47. The van der Waals surface area contributed by atoms with Gasteiger partial charge in [-0.05, 0) is 17.7 Å². The molecule has 0 saturated carbocycles. The molecule has 1 N–H and O–H groups in total. The average Bonchev–Trinajstić information content (AvgIpc) is 2.65. The van der Waals surface area contributed by atoms with Gasteiger partial charge in [0.1, 0.15) is 17.8 Å². The van der Waals surface area contributed by atoms with E-state index in [2.05, 4.69) is 15.3 Å². The van der Waals surface area contributed by atoms with Crippen LogP contribution in [-0.4, -0.2) is 27.8 Å². The van der Waals surface area contributed by atoms with Crippen LogP contribution in [0.15, 0.2) is 60.9 Å². The molecule has 132 valence electrons. The second-order valence-electron chi connectivity index (χ2n) is 5.66. The minimum Gasteiger partial charge on any atom is -0.338 e. The van der Waals surface area contributed by atoms with Gasteiger partial charge < -0.3 is 10.2 Å². The summed E-state index contributed by atoms with van der Waals surface area (Å²) in [5, 5.41) is 3.96. The van der Waals surface area contributed by atoms with Gasteiger partial charge in [-0.1, -0.05) is 59.6 Å². The molecular weight excluding hydrogens is 371 g/mol. The van der Waals surface area contributed by atoms with Crippen molar-refractivity contribution >= 4 is 40.6 Å². The number of hydrogen-bond donors (Lipinski definition) is 1. The van der Waals surface area contributed by atoms with Crippen molar-refractivity contribution in [2.75, 3.05) is 12.4 Å². The van der Waals surface area contributed by atoms with E-state index in [4.69, 9.17) is 23.2 Å². The number of amides is 1. The van der Waals surface area contributed by atoms with Gasteiger partial charge >= 0.3 is 0 Å². The molecule has 0 saturated heterocycles. The van der Waals surface area contributed by atoms with Crippen LogP contribution in [0.1, 0.15) is 16.1 Å². The van der Waals surface area contributed by atoms with Crippen molar-refractivity contribution in [3.05, 3.63) is 82.2 Å².